The fourth-order valence-corrected chi connectivity index (χ4v) is 5.23. The number of pyridine rings is 3. The van der Waals surface area contributed by atoms with Crippen molar-refractivity contribution in [2.75, 3.05) is 32.1 Å². The maximum Gasteiger partial charge on any atom is 0.220 e. The first-order valence-corrected chi connectivity index (χ1v) is 14.5. The van der Waals surface area contributed by atoms with Crippen molar-refractivity contribution in [2.24, 2.45) is 0 Å². The van der Waals surface area contributed by atoms with Gasteiger partial charge >= 0.3 is 0 Å². The number of aliphatic hydroxyl groups excluding tert-OH is 1. The number of methoxy groups -OCH3 is 1. The van der Waals surface area contributed by atoms with Gasteiger partial charge in [0.05, 0.1) is 35.8 Å². The second-order valence-electron chi connectivity index (χ2n) is 10.1. The summed E-state index contributed by atoms with van der Waals surface area (Å²) in [4.78, 5) is 24.5. The minimum atomic E-state index is -0.686. The van der Waals surface area contributed by atoms with E-state index in [1.165, 1.54) is 37.7 Å². The van der Waals surface area contributed by atoms with Crippen LogP contribution in [0.2, 0.25) is 5.02 Å². The standard InChI is InChI=1S/C31H32ClF2N7O3/c1-44-31-19(16-36-17-20-6-8-25(43)39-20)5-7-23(41-31)21-10-12-37-29(26(21)32)22-3-2-4-24(28(22)34)40-30-27(33)18(9-11-38-30)15-35-13-14-42/h2-5,7,9-12,20,35-36,42H,6,8,13-17H2,1H3,(H,38,40)(H,39,43)/t20-/m0/s1. The summed E-state index contributed by atoms with van der Waals surface area (Å²) >= 11 is 6.80. The van der Waals surface area contributed by atoms with Gasteiger partial charge in [-0.2, -0.15) is 0 Å². The second-order valence-corrected chi connectivity index (χ2v) is 10.5. The Morgan fingerprint density at radius 2 is 1.84 bits per heavy atom. The van der Waals surface area contributed by atoms with Crippen LogP contribution in [0.4, 0.5) is 20.3 Å². The normalized spacial score (nSPS) is 14.5. The molecule has 10 nitrogen and oxygen atoms in total. The summed E-state index contributed by atoms with van der Waals surface area (Å²) in [6, 6.07) is 11.6. The van der Waals surface area contributed by atoms with Gasteiger partial charge in [-0.25, -0.2) is 18.7 Å². The van der Waals surface area contributed by atoms with E-state index in [-0.39, 0.29) is 52.9 Å². The fourth-order valence-electron chi connectivity index (χ4n) is 4.92. The number of hydrogen-bond acceptors (Lipinski definition) is 9. The number of ether oxygens (including phenoxy) is 1. The van der Waals surface area contributed by atoms with Crippen LogP contribution in [0.15, 0.2) is 54.9 Å². The summed E-state index contributed by atoms with van der Waals surface area (Å²) < 4.78 is 36.5. The van der Waals surface area contributed by atoms with E-state index in [0.29, 0.717) is 48.8 Å². The van der Waals surface area contributed by atoms with Gasteiger partial charge < -0.3 is 31.1 Å². The molecule has 13 heteroatoms. The third kappa shape index (κ3) is 7.11. The molecule has 1 amide bonds. The number of anilines is 2. The van der Waals surface area contributed by atoms with Gasteiger partial charge in [-0.1, -0.05) is 23.7 Å². The van der Waals surface area contributed by atoms with Crippen LogP contribution >= 0.6 is 11.6 Å². The number of amides is 1. The molecule has 230 valence electrons. The van der Waals surface area contributed by atoms with E-state index in [9.17, 15) is 4.79 Å². The maximum atomic E-state index is 15.8. The zero-order valence-electron chi connectivity index (χ0n) is 24.0. The molecule has 44 heavy (non-hydrogen) atoms. The molecular formula is C31H32ClF2N7O3. The van der Waals surface area contributed by atoms with Gasteiger partial charge in [-0.05, 0) is 36.8 Å². The van der Waals surface area contributed by atoms with Gasteiger partial charge in [0.15, 0.2) is 17.5 Å². The smallest absolute Gasteiger partial charge is 0.220 e. The van der Waals surface area contributed by atoms with Gasteiger partial charge in [-0.3, -0.25) is 9.78 Å². The Bertz CT molecular complexity index is 1640. The Morgan fingerprint density at radius 3 is 2.61 bits per heavy atom. The Morgan fingerprint density at radius 1 is 1.02 bits per heavy atom. The SMILES string of the molecule is COc1nc(-c2ccnc(-c3cccc(Nc4nccc(CNCCO)c4F)c3F)c2Cl)ccc1CNC[C@@H]1CCC(=O)N1. The third-order valence-electron chi connectivity index (χ3n) is 7.17. The van der Waals surface area contributed by atoms with Gasteiger partial charge in [0.1, 0.15) is 0 Å². The van der Waals surface area contributed by atoms with Crippen molar-refractivity contribution in [1.82, 2.24) is 30.9 Å². The van der Waals surface area contributed by atoms with E-state index in [4.69, 9.17) is 21.4 Å². The van der Waals surface area contributed by atoms with E-state index < -0.39 is 11.6 Å². The van der Waals surface area contributed by atoms with E-state index in [1.807, 2.05) is 6.07 Å². The van der Waals surface area contributed by atoms with Crippen LogP contribution < -0.4 is 26.0 Å². The van der Waals surface area contributed by atoms with Gasteiger partial charge in [0.2, 0.25) is 11.8 Å². The average Bonchev–Trinajstić information content (AvgIpc) is 3.45. The first-order chi connectivity index (χ1) is 21.4. The molecule has 0 bridgehead atoms. The lowest BCUT2D eigenvalue weighted by Crippen LogP contribution is -2.35. The molecule has 5 rings (SSSR count). The summed E-state index contributed by atoms with van der Waals surface area (Å²) in [5.74, 6) is -0.993. The molecule has 0 aliphatic carbocycles. The number of aromatic nitrogens is 3. The van der Waals surface area contributed by atoms with Crippen LogP contribution in [0.1, 0.15) is 24.0 Å². The molecular weight excluding hydrogens is 592 g/mol. The van der Waals surface area contributed by atoms with Crippen molar-refractivity contribution < 1.29 is 23.4 Å². The number of benzene rings is 1. The van der Waals surface area contributed by atoms with Crippen LogP contribution in [0.25, 0.3) is 22.5 Å². The van der Waals surface area contributed by atoms with Crippen molar-refractivity contribution in [1.29, 1.82) is 0 Å². The van der Waals surface area contributed by atoms with Gasteiger partial charge in [0.25, 0.3) is 0 Å². The molecule has 3 aromatic heterocycles. The summed E-state index contributed by atoms with van der Waals surface area (Å²) in [6.07, 6.45) is 4.27. The lowest BCUT2D eigenvalue weighted by atomic mass is 10.0. The summed E-state index contributed by atoms with van der Waals surface area (Å²) in [7, 11) is 1.53. The molecule has 1 saturated heterocycles. The minimum absolute atomic E-state index is 0.00791. The van der Waals surface area contributed by atoms with Crippen LogP contribution in [0.5, 0.6) is 5.88 Å². The monoisotopic (exact) mass is 623 g/mol. The first-order valence-electron chi connectivity index (χ1n) is 14.1. The molecule has 4 heterocycles. The molecule has 1 atom stereocenters. The maximum absolute atomic E-state index is 15.8. The highest BCUT2D eigenvalue weighted by atomic mass is 35.5. The zero-order valence-corrected chi connectivity index (χ0v) is 24.7. The summed E-state index contributed by atoms with van der Waals surface area (Å²) in [6.45, 7) is 1.52. The molecule has 0 saturated carbocycles. The molecule has 0 spiro atoms. The summed E-state index contributed by atoms with van der Waals surface area (Å²) in [5, 5.41) is 21.0. The fraction of sp³-hybridized carbons (Fsp3) is 0.290. The second kappa shape index (κ2) is 14.5. The Hall–Kier alpha value is -4.23. The number of halogens is 3. The molecule has 1 aromatic carbocycles. The number of aliphatic hydroxyl groups is 1. The van der Waals surface area contributed by atoms with Crippen LogP contribution in [0, 0.1) is 11.6 Å². The molecule has 5 N–H and O–H groups in total. The zero-order chi connectivity index (χ0) is 31.1. The van der Waals surface area contributed by atoms with E-state index in [0.717, 1.165) is 12.0 Å². The number of carbonyl (C=O) groups is 1. The quantitative estimate of drug-likeness (QED) is 0.138. The topological polar surface area (TPSA) is 133 Å². The predicted molar refractivity (Wildman–Crippen MR) is 164 cm³/mol. The van der Waals surface area contributed by atoms with E-state index in [2.05, 4.69) is 36.2 Å². The average molecular weight is 624 g/mol. The lowest BCUT2D eigenvalue weighted by molar-refractivity contribution is -0.119. The Labute approximate surface area is 258 Å². The van der Waals surface area contributed by atoms with E-state index >= 15 is 8.78 Å². The molecule has 1 aliphatic rings. The van der Waals surface area contributed by atoms with Gasteiger partial charge in [-0.15, -0.1) is 0 Å². The highest BCUT2D eigenvalue weighted by Gasteiger charge is 2.21. The largest absolute Gasteiger partial charge is 0.481 e. The van der Waals surface area contributed by atoms with Crippen LogP contribution in [-0.4, -0.2) is 58.8 Å². The molecule has 4 aromatic rings. The molecule has 0 radical (unpaired) electrons. The van der Waals surface area contributed by atoms with Crippen LogP contribution in [-0.2, 0) is 17.9 Å². The third-order valence-corrected chi connectivity index (χ3v) is 7.55. The number of nitrogens with one attached hydrogen (secondary N) is 4. The van der Waals surface area contributed by atoms with Crippen molar-refractivity contribution in [3.63, 3.8) is 0 Å². The minimum Gasteiger partial charge on any atom is -0.481 e. The summed E-state index contributed by atoms with van der Waals surface area (Å²) in [5.41, 5.74) is 2.46. The number of carbonyl (C=O) groups excluding carboxylic acids is 1. The molecule has 0 unspecified atom stereocenters. The predicted octanol–water partition coefficient (Wildman–Crippen LogP) is 4.34. The number of rotatable bonds is 13. The van der Waals surface area contributed by atoms with E-state index in [1.54, 1.807) is 18.2 Å². The Balaban J connectivity index is 1.37. The number of nitrogens with zero attached hydrogens (tertiary/aromatic N) is 3. The highest BCUT2D eigenvalue weighted by Crippen LogP contribution is 2.38. The molecule has 1 fully saturated rings. The number of hydrogen-bond donors (Lipinski definition) is 5. The van der Waals surface area contributed by atoms with Crippen molar-refractivity contribution in [3.05, 3.63) is 82.6 Å². The lowest BCUT2D eigenvalue weighted by Gasteiger charge is -2.15. The molecule has 1 aliphatic heterocycles. The van der Waals surface area contributed by atoms with Gasteiger partial charge in [0, 0.05) is 73.3 Å². The first kappa shape index (κ1) is 31.2. The van der Waals surface area contributed by atoms with Crippen molar-refractivity contribution >= 4 is 29.0 Å². The van der Waals surface area contributed by atoms with Crippen molar-refractivity contribution in [3.8, 4) is 28.4 Å². The van der Waals surface area contributed by atoms with Crippen LogP contribution in [0.3, 0.4) is 0 Å². The van der Waals surface area contributed by atoms with Crippen molar-refractivity contribution in [2.45, 2.75) is 32.0 Å². The highest BCUT2D eigenvalue weighted by molar-refractivity contribution is 6.35. The Kier molecular flexibility index (Phi) is 10.3.